The van der Waals surface area contributed by atoms with Gasteiger partial charge in [0.1, 0.15) is 0 Å². The second-order valence-corrected chi connectivity index (χ2v) is 3.95. The molecule has 0 heterocycles. The molecule has 0 saturated heterocycles. The summed E-state index contributed by atoms with van der Waals surface area (Å²) in [6, 6.07) is 0. The molecule has 1 aliphatic rings. The minimum atomic E-state index is 0.417. The van der Waals surface area contributed by atoms with Crippen molar-refractivity contribution in [2.75, 3.05) is 6.61 Å². The first-order valence-electron chi connectivity index (χ1n) is 6.90. The normalized spacial score (nSPS) is 20.6. The maximum Gasteiger partial charge on any atom is 0.0464 e. The molecule has 15 heavy (non-hydrogen) atoms. The third-order valence-corrected chi connectivity index (χ3v) is 3.07. The average molecular weight is 216 g/mol. The number of aliphatic hydroxyl groups is 1. The molecule has 0 aliphatic heterocycles. The summed E-state index contributed by atoms with van der Waals surface area (Å²) in [5.74, 6) is 0.641. The molecule has 1 unspecified atom stereocenters. The van der Waals surface area contributed by atoms with Crippen molar-refractivity contribution in [2.45, 2.75) is 73.6 Å². The third-order valence-electron chi connectivity index (χ3n) is 3.07. The summed E-state index contributed by atoms with van der Waals surface area (Å²) in [6.07, 6.45) is 6.48. The van der Waals surface area contributed by atoms with E-state index in [0.29, 0.717) is 17.9 Å². The first kappa shape index (κ1) is 17.4. The van der Waals surface area contributed by atoms with Crippen molar-refractivity contribution in [3.63, 3.8) is 0 Å². The number of aliphatic hydroxyl groups excluding tert-OH is 1. The van der Waals surface area contributed by atoms with Crippen LogP contribution in [0.1, 0.15) is 73.6 Å². The second-order valence-electron chi connectivity index (χ2n) is 3.95. The molecule has 1 N–H and O–H groups in total. The largest absolute Gasteiger partial charge is 0.396 e. The Morgan fingerprint density at radius 1 is 1.00 bits per heavy atom. The lowest BCUT2D eigenvalue weighted by Gasteiger charge is -2.13. The fourth-order valence-corrected chi connectivity index (χ4v) is 2.42. The molecule has 94 valence electrons. The third kappa shape index (κ3) is 5.55. The Morgan fingerprint density at radius 3 is 1.60 bits per heavy atom. The van der Waals surface area contributed by atoms with E-state index in [-0.39, 0.29) is 0 Å². The van der Waals surface area contributed by atoms with E-state index in [2.05, 4.69) is 13.8 Å². The van der Waals surface area contributed by atoms with E-state index >= 15 is 0 Å². The maximum atomic E-state index is 8.99. The van der Waals surface area contributed by atoms with E-state index in [1.807, 2.05) is 27.7 Å². The Labute approximate surface area is 97.3 Å². The van der Waals surface area contributed by atoms with E-state index in [1.165, 1.54) is 32.1 Å². The lowest BCUT2D eigenvalue weighted by atomic mass is 9.92. The van der Waals surface area contributed by atoms with Crippen LogP contribution in [0.25, 0.3) is 0 Å². The SMILES string of the molecule is CC.CC.CCCC1(CCC)CC1CO. The molecule has 0 aromatic heterocycles. The average Bonchev–Trinajstić information content (AvgIpc) is 2.98. The first-order valence-corrected chi connectivity index (χ1v) is 6.90. The van der Waals surface area contributed by atoms with Gasteiger partial charge in [-0.3, -0.25) is 0 Å². The molecule has 1 saturated carbocycles. The molecule has 0 spiro atoms. The fraction of sp³-hybridized carbons (Fsp3) is 1.00. The summed E-state index contributed by atoms with van der Waals surface area (Å²) in [5.41, 5.74) is 0.568. The quantitative estimate of drug-likeness (QED) is 0.710. The molecule has 1 nitrogen and oxygen atoms in total. The van der Waals surface area contributed by atoms with Crippen molar-refractivity contribution >= 4 is 0 Å². The summed E-state index contributed by atoms with van der Waals surface area (Å²) < 4.78 is 0. The van der Waals surface area contributed by atoms with Gasteiger partial charge in [0.2, 0.25) is 0 Å². The van der Waals surface area contributed by atoms with Gasteiger partial charge in [0.05, 0.1) is 0 Å². The molecule has 0 aromatic rings. The van der Waals surface area contributed by atoms with Crippen molar-refractivity contribution in [1.29, 1.82) is 0 Å². The summed E-state index contributed by atoms with van der Waals surface area (Å²) in [5, 5.41) is 8.99. The van der Waals surface area contributed by atoms with Gasteiger partial charge in [-0.2, -0.15) is 0 Å². The Bertz CT molecular complexity index is 115. The van der Waals surface area contributed by atoms with Gasteiger partial charge in [-0.15, -0.1) is 0 Å². The molecular weight excluding hydrogens is 184 g/mol. The predicted molar refractivity (Wildman–Crippen MR) is 70.1 cm³/mol. The summed E-state index contributed by atoms with van der Waals surface area (Å²) in [7, 11) is 0. The molecule has 1 heteroatoms. The van der Waals surface area contributed by atoms with E-state index in [0.717, 1.165) is 0 Å². The first-order chi connectivity index (χ1) is 7.29. The van der Waals surface area contributed by atoms with Gasteiger partial charge < -0.3 is 5.11 Å². The predicted octanol–water partition coefficient (Wildman–Crippen LogP) is 4.64. The zero-order chi connectivity index (χ0) is 12.3. The maximum absolute atomic E-state index is 8.99. The van der Waals surface area contributed by atoms with Gasteiger partial charge >= 0.3 is 0 Å². The summed E-state index contributed by atoms with van der Waals surface area (Å²) in [4.78, 5) is 0. The minimum Gasteiger partial charge on any atom is -0.396 e. The minimum absolute atomic E-state index is 0.417. The van der Waals surface area contributed by atoms with Crippen LogP contribution < -0.4 is 0 Å². The Kier molecular flexibility index (Phi) is 12.1. The van der Waals surface area contributed by atoms with Crippen LogP contribution in [0.5, 0.6) is 0 Å². The summed E-state index contributed by atoms with van der Waals surface area (Å²) >= 11 is 0. The number of hydrogen-bond donors (Lipinski definition) is 1. The van der Waals surface area contributed by atoms with Crippen molar-refractivity contribution in [3.8, 4) is 0 Å². The van der Waals surface area contributed by atoms with Crippen molar-refractivity contribution < 1.29 is 5.11 Å². The molecule has 1 rings (SSSR count). The Balaban J connectivity index is 0. The van der Waals surface area contributed by atoms with Crippen LogP contribution in [0.2, 0.25) is 0 Å². The molecule has 0 radical (unpaired) electrons. The molecule has 0 amide bonds. The van der Waals surface area contributed by atoms with Crippen molar-refractivity contribution in [2.24, 2.45) is 11.3 Å². The molecule has 1 atom stereocenters. The topological polar surface area (TPSA) is 20.2 Å². The van der Waals surface area contributed by atoms with Crippen LogP contribution in [0.15, 0.2) is 0 Å². The van der Waals surface area contributed by atoms with Crippen LogP contribution in [0.3, 0.4) is 0 Å². The lowest BCUT2D eigenvalue weighted by Crippen LogP contribution is -2.05. The van der Waals surface area contributed by atoms with Gasteiger partial charge in [0.15, 0.2) is 0 Å². The highest BCUT2D eigenvalue weighted by molar-refractivity contribution is 5.00. The van der Waals surface area contributed by atoms with E-state index < -0.39 is 0 Å². The van der Waals surface area contributed by atoms with Crippen LogP contribution in [-0.4, -0.2) is 11.7 Å². The standard InChI is InChI=1S/C10H20O.2C2H6/c1-3-5-10(6-4-2)7-9(10)8-11;2*1-2/h9,11H,3-8H2,1-2H3;2*1-2H3. The van der Waals surface area contributed by atoms with E-state index in [4.69, 9.17) is 5.11 Å². The van der Waals surface area contributed by atoms with E-state index in [9.17, 15) is 0 Å². The van der Waals surface area contributed by atoms with Gasteiger partial charge in [-0.25, -0.2) is 0 Å². The molecule has 1 aliphatic carbocycles. The number of rotatable bonds is 5. The van der Waals surface area contributed by atoms with Gasteiger partial charge in [-0.1, -0.05) is 54.4 Å². The lowest BCUT2D eigenvalue weighted by molar-refractivity contribution is 0.237. The van der Waals surface area contributed by atoms with E-state index in [1.54, 1.807) is 0 Å². The summed E-state index contributed by atoms with van der Waals surface area (Å²) in [6.45, 7) is 12.9. The highest BCUT2D eigenvalue weighted by Gasteiger charge is 2.51. The molecule has 1 fully saturated rings. The fourth-order valence-electron chi connectivity index (χ4n) is 2.42. The molecule has 0 bridgehead atoms. The smallest absolute Gasteiger partial charge is 0.0464 e. The van der Waals surface area contributed by atoms with Crippen LogP contribution >= 0.6 is 0 Å². The Hall–Kier alpha value is -0.0400. The van der Waals surface area contributed by atoms with Crippen LogP contribution in [-0.2, 0) is 0 Å². The van der Waals surface area contributed by atoms with Gasteiger partial charge in [0.25, 0.3) is 0 Å². The van der Waals surface area contributed by atoms with Crippen molar-refractivity contribution in [1.82, 2.24) is 0 Å². The highest BCUT2D eigenvalue weighted by Crippen LogP contribution is 2.58. The monoisotopic (exact) mass is 216 g/mol. The van der Waals surface area contributed by atoms with Gasteiger partial charge in [-0.05, 0) is 30.6 Å². The number of hydrogen-bond acceptors (Lipinski definition) is 1. The van der Waals surface area contributed by atoms with Crippen LogP contribution in [0.4, 0.5) is 0 Å². The second kappa shape index (κ2) is 10.5. The van der Waals surface area contributed by atoms with Crippen molar-refractivity contribution in [3.05, 3.63) is 0 Å². The zero-order valence-corrected chi connectivity index (χ0v) is 11.8. The van der Waals surface area contributed by atoms with Crippen LogP contribution in [0, 0.1) is 11.3 Å². The Morgan fingerprint density at radius 2 is 1.40 bits per heavy atom. The molecule has 0 aromatic carbocycles. The molecular formula is C14H32O. The highest BCUT2D eigenvalue weighted by atomic mass is 16.3. The zero-order valence-electron chi connectivity index (χ0n) is 11.8. The van der Waals surface area contributed by atoms with Gasteiger partial charge in [0, 0.05) is 6.61 Å².